The number of rotatable bonds is 80. The highest BCUT2D eigenvalue weighted by Crippen LogP contribution is 2.20. The van der Waals surface area contributed by atoms with E-state index < -0.39 is 12.1 Å². The zero-order valence-corrected chi connectivity index (χ0v) is 62.1. The van der Waals surface area contributed by atoms with E-state index >= 15 is 0 Å². The number of hydrogen-bond donors (Lipinski definition) is 3. The molecule has 0 fully saturated rings. The molecule has 0 spiro atoms. The molecule has 0 saturated carbocycles. The van der Waals surface area contributed by atoms with Crippen molar-refractivity contribution in [1.82, 2.24) is 5.32 Å². The van der Waals surface area contributed by atoms with Gasteiger partial charge in [-0.25, -0.2) is 0 Å². The van der Waals surface area contributed by atoms with Gasteiger partial charge in [0.05, 0.1) is 25.4 Å². The minimum atomic E-state index is -0.842. The third-order valence-corrected chi connectivity index (χ3v) is 20.0. The van der Waals surface area contributed by atoms with Crippen LogP contribution in [0.3, 0.4) is 0 Å². The van der Waals surface area contributed by atoms with Crippen molar-refractivity contribution in [3.63, 3.8) is 0 Å². The van der Waals surface area contributed by atoms with E-state index in [0.29, 0.717) is 19.4 Å². The number of esters is 1. The van der Waals surface area contributed by atoms with Crippen LogP contribution in [0.25, 0.3) is 0 Å². The molecule has 0 aromatic carbocycles. The molecule has 1 amide bonds. The van der Waals surface area contributed by atoms with E-state index in [1.165, 1.54) is 417 Å². The number of ether oxygens (including phenoxy) is 1. The van der Waals surface area contributed by atoms with Crippen molar-refractivity contribution in [3.8, 4) is 0 Å². The van der Waals surface area contributed by atoms with Crippen molar-refractivity contribution in [2.24, 2.45) is 0 Å². The van der Waals surface area contributed by atoms with E-state index in [0.717, 1.165) is 38.5 Å². The van der Waals surface area contributed by atoms with Crippen molar-refractivity contribution < 1.29 is 24.5 Å². The number of carbonyl (C=O) groups excluding carboxylic acids is 2. The summed E-state index contributed by atoms with van der Waals surface area (Å²) in [5.41, 5.74) is 0. The predicted octanol–water partition coefficient (Wildman–Crippen LogP) is 28.0. The van der Waals surface area contributed by atoms with Crippen LogP contribution in [-0.4, -0.2) is 47.4 Å². The zero-order valence-electron chi connectivity index (χ0n) is 62.1. The molecule has 3 N–H and O–H groups in total. The summed E-state index contributed by atoms with van der Waals surface area (Å²) in [6, 6.07) is -0.625. The van der Waals surface area contributed by atoms with Crippen molar-refractivity contribution in [2.75, 3.05) is 13.2 Å². The Morgan fingerprint density at radius 2 is 0.516 bits per heavy atom. The summed E-state index contributed by atoms with van der Waals surface area (Å²) in [6.07, 6.45) is 105. The third kappa shape index (κ3) is 77.2. The van der Waals surface area contributed by atoms with Crippen LogP contribution in [0.5, 0.6) is 0 Å². The summed E-state index contributed by atoms with van der Waals surface area (Å²) in [7, 11) is 0. The Labute approximate surface area is 571 Å². The van der Waals surface area contributed by atoms with Crippen molar-refractivity contribution in [3.05, 3.63) is 24.3 Å². The summed E-state index contributed by atoms with van der Waals surface area (Å²) in [6.45, 7) is 4.97. The first-order chi connectivity index (χ1) is 45.0. The van der Waals surface area contributed by atoms with Gasteiger partial charge >= 0.3 is 5.97 Å². The quantitative estimate of drug-likeness (QED) is 0.0320. The monoisotopic (exact) mass is 1280 g/mol. The normalized spacial score (nSPS) is 12.5. The van der Waals surface area contributed by atoms with E-state index in [1.54, 1.807) is 6.08 Å². The van der Waals surface area contributed by atoms with Gasteiger partial charge in [0.15, 0.2) is 0 Å². The first-order valence-electron chi connectivity index (χ1n) is 42.1. The Balaban J connectivity index is 3.33. The van der Waals surface area contributed by atoms with Crippen LogP contribution >= 0.6 is 0 Å². The lowest BCUT2D eigenvalue weighted by Gasteiger charge is -2.20. The number of aliphatic hydroxyl groups is 2. The number of amides is 1. The maximum Gasteiger partial charge on any atom is 0.305 e. The fourth-order valence-electron chi connectivity index (χ4n) is 13.6. The van der Waals surface area contributed by atoms with Crippen molar-refractivity contribution in [1.29, 1.82) is 0 Å². The summed E-state index contributed by atoms with van der Waals surface area (Å²) < 4.78 is 5.53. The van der Waals surface area contributed by atoms with Gasteiger partial charge in [0.1, 0.15) is 0 Å². The topological polar surface area (TPSA) is 95.9 Å². The highest BCUT2D eigenvalue weighted by molar-refractivity contribution is 5.76. The molecule has 0 rings (SSSR count). The first kappa shape index (κ1) is 89.3. The van der Waals surface area contributed by atoms with Crippen LogP contribution < -0.4 is 5.32 Å². The minimum Gasteiger partial charge on any atom is -0.466 e. The van der Waals surface area contributed by atoms with E-state index in [1.807, 2.05) is 6.08 Å². The molecule has 0 aliphatic heterocycles. The number of nitrogens with one attached hydrogen (secondary N) is 1. The molecular weight excluding hydrogens is 1110 g/mol. The number of carbonyl (C=O) groups is 2. The lowest BCUT2D eigenvalue weighted by atomic mass is 10.0. The number of unbranched alkanes of at least 4 members (excludes halogenated alkanes) is 67. The third-order valence-electron chi connectivity index (χ3n) is 20.0. The second-order valence-corrected chi connectivity index (χ2v) is 29.2. The molecule has 2 unspecified atom stereocenters. The van der Waals surface area contributed by atoms with Gasteiger partial charge in [-0.05, 0) is 57.8 Å². The van der Waals surface area contributed by atoms with Gasteiger partial charge in [0.2, 0.25) is 5.91 Å². The van der Waals surface area contributed by atoms with E-state index in [-0.39, 0.29) is 18.5 Å². The number of aliphatic hydroxyl groups excluding tert-OH is 2. The van der Waals surface area contributed by atoms with Gasteiger partial charge in [-0.15, -0.1) is 0 Å². The van der Waals surface area contributed by atoms with Crippen LogP contribution in [0, 0.1) is 0 Å². The molecule has 91 heavy (non-hydrogen) atoms. The fourth-order valence-corrected chi connectivity index (χ4v) is 13.6. The molecule has 540 valence electrons. The van der Waals surface area contributed by atoms with E-state index in [2.05, 4.69) is 31.3 Å². The van der Waals surface area contributed by atoms with Gasteiger partial charge in [0, 0.05) is 12.8 Å². The van der Waals surface area contributed by atoms with Crippen molar-refractivity contribution >= 4 is 11.9 Å². The van der Waals surface area contributed by atoms with Crippen molar-refractivity contribution in [2.45, 2.75) is 495 Å². The van der Waals surface area contributed by atoms with Crippen LogP contribution in [0.4, 0.5) is 0 Å². The van der Waals surface area contributed by atoms with E-state index in [9.17, 15) is 19.8 Å². The first-order valence-corrected chi connectivity index (χ1v) is 42.1. The Morgan fingerprint density at radius 1 is 0.297 bits per heavy atom. The molecule has 2 atom stereocenters. The maximum atomic E-state index is 12.5. The number of allylic oxidation sites excluding steroid dienone is 3. The molecular formula is C85H165NO5. The average molecular weight is 1280 g/mol. The van der Waals surface area contributed by atoms with Crippen LogP contribution in [0.2, 0.25) is 0 Å². The van der Waals surface area contributed by atoms with Crippen LogP contribution in [-0.2, 0) is 14.3 Å². The fraction of sp³-hybridized carbons (Fsp3) is 0.929. The summed E-state index contributed by atoms with van der Waals surface area (Å²) in [4.78, 5) is 24.7. The molecule has 0 aromatic heterocycles. The molecule has 0 aliphatic carbocycles. The maximum absolute atomic E-state index is 12.5. The molecule has 0 radical (unpaired) electrons. The highest BCUT2D eigenvalue weighted by Gasteiger charge is 2.18. The second-order valence-electron chi connectivity index (χ2n) is 29.2. The van der Waals surface area contributed by atoms with Gasteiger partial charge < -0.3 is 20.3 Å². The highest BCUT2D eigenvalue weighted by atomic mass is 16.5. The Kier molecular flexibility index (Phi) is 79.3. The minimum absolute atomic E-state index is 0.0272. The Hall–Kier alpha value is -1.66. The summed E-state index contributed by atoms with van der Waals surface area (Å²) in [5, 5.41) is 23.3. The smallest absolute Gasteiger partial charge is 0.305 e. The lowest BCUT2D eigenvalue weighted by Crippen LogP contribution is -2.45. The SMILES string of the molecule is CCCCCCCCCCCCCCCCCC/C=C/C(O)C(CO)NC(=O)CCCCCCCCCCCCCCCCCCC/C=C\CCCCCCCCCCCCCCCCCCOC(=O)CCCCCCCCCCCCCCCCCCCCC. The lowest BCUT2D eigenvalue weighted by molar-refractivity contribution is -0.143. The second kappa shape index (κ2) is 80.8. The van der Waals surface area contributed by atoms with Gasteiger partial charge in [0.25, 0.3) is 0 Å². The molecule has 0 aromatic rings. The molecule has 0 heterocycles. The van der Waals surface area contributed by atoms with Crippen LogP contribution in [0.1, 0.15) is 483 Å². The predicted molar refractivity (Wildman–Crippen MR) is 403 cm³/mol. The molecule has 6 nitrogen and oxygen atoms in total. The van der Waals surface area contributed by atoms with Crippen LogP contribution in [0.15, 0.2) is 24.3 Å². The molecule has 0 aliphatic rings. The van der Waals surface area contributed by atoms with Gasteiger partial charge in [-0.3, -0.25) is 9.59 Å². The van der Waals surface area contributed by atoms with E-state index in [4.69, 9.17) is 4.74 Å². The number of hydrogen-bond acceptors (Lipinski definition) is 5. The van der Waals surface area contributed by atoms with Gasteiger partial charge in [-0.2, -0.15) is 0 Å². The average Bonchev–Trinajstić information content (AvgIpc) is 3.75. The largest absolute Gasteiger partial charge is 0.466 e. The summed E-state index contributed by atoms with van der Waals surface area (Å²) in [5.74, 6) is -0.0324. The Morgan fingerprint density at radius 3 is 0.780 bits per heavy atom. The molecule has 6 heteroatoms. The standard InChI is InChI=1S/C85H165NO5/c1-3-5-7-9-11-13-15-17-19-21-42-47-51-55-59-63-67-71-75-79-85(90)91-80-76-72-68-64-60-56-52-48-44-41-39-37-35-33-31-29-27-25-23-24-26-28-30-32-34-36-38-40-43-46-50-54-58-62-66-70-74-78-84(89)86-82(81-87)83(88)77-73-69-65-61-57-53-49-45-22-20-18-16-14-12-10-8-6-4-2/h23,25,73,77,82-83,87-88H,3-22,24,26-72,74-76,78-81H2,1-2H3,(H,86,89)/b25-23-,77-73+. The molecule has 0 saturated heterocycles. The Bertz CT molecular complexity index is 1430. The summed E-state index contributed by atoms with van der Waals surface area (Å²) >= 11 is 0. The van der Waals surface area contributed by atoms with Gasteiger partial charge in [-0.1, -0.05) is 436 Å². The zero-order chi connectivity index (χ0) is 65.6. The molecule has 0 bridgehead atoms.